The van der Waals surface area contributed by atoms with E-state index in [1.807, 2.05) is 13.8 Å². The van der Waals surface area contributed by atoms with Gasteiger partial charge in [0.1, 0.15) is 11.6 Å². The zero-order valence-corrected chi connectivity index (χ0v) is 11.5. The van der Waals surface area contributed by atoms with Crippen LogP contribution in [0.15, 0.2) is 0 Å². The lowest BCUT2D eigenvalue weighted by Gasteiger charge is -2.15. The number of nitrogens with zero attached hydrogens (tertiary/aromatic N) is 3. The molecule has 1 saturated carbocycles. The summed E-state index contributed by atoms with van der Waals surface area (Å²) in [5, 5.41) is 30.2. The Bertz CT molecular complexity index is 503. The van der Waals surface area contributed by atoms with Crippen LogP contribution in [0.2, 0.25) is 0 Å². The molecule has 2 rings (SSSR count). The first-order valence-electron chi connectivity index (χ1n) is 6.83. The molecular weight excluding hydrogens is 240 g/mol. The van der Waals surface area contributed by atoms with Gasteiger partial charge in [-0.2, -0.15) is 10.4 Å². The zero-order valence-electron chi connectivity index (χ0n) is 11.5. The van der Waals surface area contributed by atoms with Crippen molar-refractivity contribution in [1.29, 1.82) is 5.26 Å². The Morgan fingerprint density at radius 1 is 1.32 bits per heavy atom. The highest BCUT2D eigenvalue weighted by molar-refractivity contribution is 5.56. The van der Waals surface area contributed by atoms with Crippen LogP contribution in [0, 0.1) is 16.7 Å². The van der Waals surface area contributed by atoms with Gasteiger partial charge in [-0.25, -0.2) is 0 Å². The van der Waals surface area contributed by atoms with Crippen molar-refractivity contribution in [1.82, 2.24) is 10.2 Å². The third-order valence-electron chi connectivity index (χ3n) is 3.88. The number of rotatable bonds is 6. The molecule has 1 aromatic heterocycles. The molecule has 0 radical (unpaired) electrons. The highest BCUT2D eigenvalue weighted by Crippen LogP contribution is 2.45. The third-order valence-corrected chi connectivity index (χ3v) is 3.88. The number of nitriles is 1. The number of aromatic nitrogens is 2. The second kappa shape index (κ2) is 5.54. The second-order valence-corrected chi connectivity index (χ2v) is 5.18. The summed E-state index contributed by atoms with van der Waals surface area (Å²) in [7, 11) is 0. The fourth-order valence-electron chi connectivity index (χ4n) is 2.26. The summed E-state index contributed by atoms with van der Waals surface area (Å²) in [5.41, 5.74) is 2.47. The minimum absolute atomic E-state index is 0.00971. The maximum absolute atomic E-state index is 9.35. The minimum Gasteiger partial charge on any atom is -0.396 e. The summed E-state index contributed by atoms with van der Waals surface area (Å²) < 4.78 is 0. The van der Waals surface area contributed by atoms with Crippen molar-refractivity contribution in [2.45, 2.75) is 39.5 Å². The summed E-state index contributed by atoms with van der Waals surface area (Å²) in [6.07, 6.45) is 3.62. The van der Waals surface area contributed by atoms with E-state index in [9.17, 15) is 10.4 Å². The lowest BCUT2D eigenvalue weighted by Crippen LogP contribution is -2.21. The van der Waals surface area contributed by atoms with E-state index < -0.39 is 0 Å². The lowest BCUT2D eigenvalue weighted by atomic mass is 10.0. The predicted octanol–water partition coefficient (Wildman–Crippen LogP) is 1.66. The molecule has 0 atom stereocenters. The number of aliphatic hydroxyl groups excluding tert-OH is 1. The Morgan fingerprint density at radius 3 is 2.53 bits per heavy atom. The van der Waals surface area contributed by atoms with Gasteiger partial charge in [-0.1, -0.05) is 13.8 Å². The van der Waals surface area contributed by atoms with Gasteiger partial charge in [0, 0.05) is 12.0 Å². The van der Waals surface area contributed by atoms with Crippen LogP contribution in [0.4, 0.5) is 5.82 Å². The molecular formula is C14H20N4O. The maximum atomic E-state index is 9.35. The van der Waals surface area contributed by atoms with E-state index in [0.717, 1.165) is 36.9 Å². The fraction of sp³-hybridized carbons (Fsp3) is 0.643. The summed E-state index contributed by atoms with van der Waals surface area (Å²) >= 11 is 0. The van der Waals surface area contributed by atoms with Crippen LogP contribution in [-0.2, 0) is 12.8 Å². The van der Waals surface area contributed by atoms with Gasteiger partial charge in [-0.15, -0.1) is 5.10 Å². The zero-order chi connectivity index (χ0) is 13.9. The van der Waals surface area contributed by atoms with Crippen molar-refractivity contribution < 1.29 is 5.11 Å². The Morgan fingerprint density at radius 2 is 2.05 bits per heavy atom. The van der Waals surface area contributed by atoms with E-state index in [0.29, 0.717) is 17.9 Å². The molecule has 0 bridgehead atoms. The van der Waals surface area contributed by atoms with Gasteiger partial charge in [0.2, 0.25) is 0 Å². The Labute approximate surface area is 113 Å². The first kappa shape index (κ1) is 13.8. The van der Waals surface area contributed by atoms with E-state index in [4.69, 9.17) is 0 Å². The van der Waals surface area contributed by atoms with Gasteiger partial charge < -0.3 is 10.4 Å². The summed E-state index contributed by atoms with van der Waals surface area (Å²) in [5.74, 6) is 0.552. The van der Waals surface area contributed by atoms with E-state index >= 15 is 0 Å². The Hall–Kier alpha value is -1.67. The van der Waals surface area contributed by atoms with Gasteiger partial charge in [0.15, 0.2) is 5.82 Å². The van der Waals surface area contributed by atoms with E-state index in [1.165, 1.54) is 0 Å². The van der Waals surface area contributed by atoms with E-state index in [2.05, 4.69) is 21.6 Å². The van der Waals surface area contributed by atoms with E-state index in [-0.39, 0.29) is 12.0 Å². The van der Waals surface area contributed by atoms with Crippen LogP contribution in [0.25, 0.3) is 0 Å². The topological polar surface area (TPSA) is 81.8 Å². The normalized spacial score (nSPS) is 15.9. The van der Waals surface area contributed by atoms with Crippen molar-refractivity contribution in [3.8, 4) is 6.07 Å². The molecule has 0 unspecified atom stereocenters. The highest BCUT2D eigenvalue weighted by Gasteiger charge is 2.41. The van der Waals surface area contributed by atoms with Gasteiger partial charge in [0.05, 0.1) is 12.3 Å². The van der Waals surface area contributed by atoms with Crippen molar-refractivity contribution in [3.63, 3.8) is 0 Å². The van der Waals surface area contributed by atoms with Crippen LogP contribution in [0.5, 0.6) is 0 Å². The summed E-state index contributed by atoms with van der Waals surface area (Å²) in [6.45, 7) is 4.88. The van der Waals surface area contributed by atoms with Gasteiger partial charge in [-0.3, -0.25) is 0 Å². The van der Waals surface area contributed by atoms with Crippen LogP contribution >= 0.6 is 0 Å². The quantitative estimate of drug-likeness (QED) is 0.813. The molecule has 1 aromatic rings. The van der Waals surface area contributed by atoms with E-state index in [1.54, 1.807) is 0 Å². The Balaban J connectivity index is 2.23. The van der Waals surface area contributed by atoms with Crippen LogP contribution in [-0.4, -0.2) is 28.5 Å². The summed E-state index contributed by atoms with van der Waals surface area (Å²) in [6, 6.07) is 2.24. The van der Waals surface area contributed by atoms with Crippen molar-refractivity contribution in [2.24, 2.45) is 5.41 Å². The standard InChI is InChI=1S/C14H20N4O/c1-3-10-11(7-15)13(18-17-12(10)4-2)16-8-14(9-19)5-6-14/h19H,3-6,8-9H2,1-2H3,(H,16,18). The number of aliphatic hydroxyl groups is 1. The molecule has 1 aliphatic carbocycles. The molecule has 0 saturated heterocycles. The molecule has 102 valence electrons. The second-order valence-electron chi connectivity index (χ2n) is 5.18. The molecule has 1 fully saturated rings. The average molecular weight is 260 g/mol. The number of nitrogens with one attached hydrogen (secondary N) is 1. The molecule has 5 heteroatoms. The molecule has 5 nitrogen and oxygen atoms in total. The van der Waals surface area contributed by atoms with Gasteiger partial charge in [-0.05, 0) is 31.2 Å². The first-order chi connectivity index (χ1) is 9.19. The lowest BCUT2D eigenvalue weighted by molar-refractivity contribution is 0.219. The van der Waals surface area contributed by atoms with Gasteiger partial charge >= 0.3 is 0 Å². The molecule has 2 N–H and O–H groups in total. The number of anilines is 1. The van der Waals surface area contributed by atoms with Crippen LogP contribution in [0.1, 0.15) is 43.5 Å². The van der Waals surface area contributed by atoms with Gasteiger partial charge in [0.25, 0.3) is 0 Å². The minimum atomic E-state index is -0.00971. The molecule has 0 amide bonds. The number of hydrogen-bond acceptors (Lipinski definition) is 5. The van der Waals surface area contributed by atoms with Crippen molar-refractivity contribution >= 4 is 5.82 Å². The van der Waals surface area contributed by atoms with Crippen LogP contribution in [0.3, 0.4) is 0 Å². The smallest absolute Gasteiger partial charge is 0.166 e. The fourth-order valence-corrected chi connectivity index (χ4v) is 2.26. The predicted molar refractivity (Wildman–Crippen MR) is 72.7 cm³/mol. The monoisotopic (exact) mass is 260 g/mol. The molecule has 19 heavy (non-hydrogen) atoms. The average Bonchev–Trinajstić information content (AvgIpc) is 3.24. The highest BCUT2D eigenvalue weighted by atomic mass is 16.3. The molecule has 0 spiro atoms. The molecule has 1 aliphatic rings. The first-order valence-corrected chi connectivity index (χ1v) is 6.83. The van der Waals surface area contributed by atoms with Crippen molar-refractivity contribution in [2.75, 3.05) is 18.5 Å². The Kier molecular flexibility index (Phi) is 4.01. The van der Waals surface area contributed by atoms with Crippen LogP contribution < -0.4 is 5.32 Å². The third kappa shape index (κ3) is 2.69. The van der Waals surface area contributed by atoms with Crippen molar-refractivity contribution in [3.05, 3.63) is 16.8 Å². The SMILES string of the molecule is CCc1nnc(NCC2(CO)CC2)c(C#N)c1CC. The number of aryl methyl sites for hydroxylation is 1. The summed E-state index contributed by atoms with van der Waals surface area (Å²) in [4.78, 5) is 0. The molecule has 0 aliphatic heterocycles. The maximum Gasteiger partial charge on any atom is 0.166 e. The number of hydrogen-bond donors (Lipinski definition) is 2. The molecule has 1 heterocycles. The largest absolute Gasteiger partial charge is 0.396 e. The molecule has 0 aromatic carbocycles.